The van der Waals surface area contributed by atoms with Crippen LogP contribution in [-0.4, -0.2) is 5.84 Å². The largest absolute Gasteiger partial charge is 0.387 e. The fourth-order valence-electron chi connectivity index (χ4n) is 1.83. The van der Waals surface area contributed by atoms with Crippen molar-refractivity contribution in [1.82, 2.24) is 0 Å². The van der Waals surface area contributed by atoms with Gasteiger partial charge in [-0.05, 0) is 24.1 Å². The Morgan fingerprint density at radius 3 is 2.17 bits per heavy atom. The van der Waals surface area contributed by atoms with Crippen LogP contribution in [0.5, 0.6) is 0 Å². The minimum atomic E-state index is 0.243. The highest BCUT2D eigenvalue weighted by molar-refractivity contribution is 5.85. The van der Waals surface area contributed by atoms with Crippen molar-refractivity contribution in [3.05, 3.63) is 66.2 Å². The molecular weight excluding hydrogens is 220 g/mol. The lowest BCUT2D eigenvalue weighted by molar-refractivity contribution is 0.759. The molecule has 2 nitrogen and oxygen atoms in total. The SMILES string of the molecule is CC(Cc1ccccc1)C(N)=Nc1ccccc1. The lowest BCUT2D eigenvalue weighted by Gasteiger charge is -2.11. The van der Waals surface area contributed by atoms with Crippen molar-refractivity contribution in [2.45, 2.75) is 13.3 Å². The average Bonchev–Trinajstić information content (AvgIpc) is 2.41. The number of nitrogens with zero attached hydrogens (tertiary/aromatic N) is 1. The third-order valence-corrected chi connectivity index (χ3v) is 2.90. The van der Waals surface area contributed by atoms with Gasteiger partial charge >= 0.3 is 0 Å². The molecule has 0 heterocycles. The Kier molecular flexibility index (Phi) is 4.13. The number of hydrogen-bond acceptors (Lipinski definition) is 1. The first-order valence-corrected chi connectivity index (χ1v) is 6.19. The predicted molar refractivity (Wildman–Crippen MR) is 77.0 cm³/mol. The molecule has 0 saturated carbocycles. The summed E-state index contributed by atoms with van der Waals surface area (Å²) in [4.78, 5) is 4.45. The Morgan fingerprint density at radius 2 is 1.56 bits per heavy atom. The van der Waals surface area contributed by atoms with E-state index in [4.69, 9.17) is 5.73 Å². The zero-order valence-electron chi connectivity index (χ0n) is 10.6. The van der Waals surface area contributed by atoms with E-state index >= 15 is 0 Å². The van der Waals surface area contributed by atoms with Crippen molar-refractivity contribution in [3.8, 4) is 0 Å². The quantitative estimate of drug-likeness (QED) is 0.642. The molecule has 2 aromatic rings. The Morgan fingerprint density at radius 1 is 1.00 bits per heavy atom. The molecule has 0 radical (unpaired) electrons. The van der Waals surface area contributed by atoms with E-state index in [1.807, 2.05) is 48.5 Å². The third-order valence-electron chi connectivity index (χ3n) is 2.90. The summed E-state index contributed by atoms with van der Waals surface area (Å²) in [6.45, 7) is 2.11. The summed E-state index contributed by atoms with van der Waals surface area (Å²) in [6, 6.07) is 20.2. The molecule has 0 aromatic heterocycles. The van der Waals surface area contributed by atoms with Gasteiger partial charge in [-0.2, -0.15) is 0 Å². The summed E-state index contributed by atoms with van der Waals surface area (Å²) < 4.78 is 0. The van der Waals surface area contributed by atoms with Crippen molar-refractivity contribution < 1.29 is 0 Å². The molecule has 92 valence electrons. The van der Waals surface area contributed by atoms with Gasteiger partial charge in [-0.3, -0.25) is 0 Å². The second-order valence-electron chi connectivity index (χ2n) is 4.46. The van der Waals surface area contributed by atoms with Gasteiger partial charge in [0.15, 0.2) is 0 Å². The first-order valence-electron chi connectivity index (χ1n) is 6.19. The fourth-order valence-corrected chi connectivity index (χ4v) is 1.83. The molecule has 2 heteroatoms. The van der Waals surface area contributed by atoms with E-state index < -0.39 is 0 Å². The van der Waals surface area contributed by atoms with Crippen LogP contribution in [0.3, 0.4) is 0 Å². The third kappa shape index (κ3) is 3.45. The molecule has 0 amide bonds. The first kappa shape index (κ1) is 12.4. The van der Waals surface area contributed by atoms with Gasteiger partial charge in [0.05, 0.1) is 5.69 Å². The van der Waals surface area contributed by atoms with Gasteiger partial charge in [-0.1, -0.05) is 55.5 Å². The van der Waals surface area contributed by atoms with Gasteiger partial charge in [0.25, 0.3) is 0 Å². The van der Waals surface area contributed by atoms with Crippen LogP contribution in [0.25, 0.3) is 0 Å². The second kappa shape index (κ2) is 6.01. The van der Waals surface area contributed by atoms with Crippen LogP contribution in [0.4, 0.5) is 5.69 Å². The van der Waals surface area contributed by atoms with E-state index in [2.05, 4.69) is 24.0 Å². The summed E-state index contributed by atoms with van der Waals surface area (Å²) in [6.07, 6.45) is 0.920. The van der Waals surface area contributed by atoms with Crippen LogP contribution in [0.15, 0.2) is 65.7 Å². The number of amidine groups is 1. The minimum Gasteiger partial charge on any atom is -0.387 e. The summed E-state index contributed by atoms with van der Waals surface area (Å²) in [5.74, 6) is 0.928. The summed E-state index contributed by atoms with van der Waals surface area (Å²) in [5.41, 5.74) is 8.25. The highest BCUT2D eigenvalue weighted by atomic mass is 14.9. The van der Waals surface area contributed by atoms with E-state index in [1.165, 1.54) is 5.56 Å². The van der Waals surface area contributed by atoms with Crippen molar-refractivity contribution in [2.24, 2.45) is 16.6 Å². The van der Waals surface area contributed by atoms with Crippen LogP contribution in [0, 0.1) is 5.92 Å². The number of rotatable bonds is 4. The minimum absolute atomic E-state index is 0.243. The molecule has 0 saturated heterocycles. The molecule has 0 aliphatic rings. The molecular formula is C16H18N2. The predicted octanol–water partition coefficient (Wildman–Crippen LogP) is 3.55. The second-order valence-corrected chi connectivity index (χ2v) is 4.46. The van der Waals surface area contributed by atoms with Crippen LogP contribution in [0.1, 0.15) is 12.5 Å². The molecule has 2 rings (SSSR count). The molecule has 0 aliphatic carbocycles. The van der Waals surface area contributed by atoms with Gasteiger partial charge in [0.1, 0.15) is 5.84 Å². The van der Waals surface area contributed by atoms with Crippen LogP contribution in [-0.2, 0) is 6.42 Å². The highest BCUT2D eigenvalue weighted by Crippen LogP contribution is 2.13. The van der Waals surface area contributed by atoms with Gasteiger partial charge in [-0.15, -0.1) is 0 Å². The molecule has 2 aromatic carbocycles. The summed E-state index contributed by atoms with van der Waals surface area (Å²) in [5, 5.41) is 0. The fraction of sp³-hybridized carbons (Fsp3) is 0.188. The topological polar surface area (TPSA) is 38.4 Å². The van der Waals surface area contributed by atoms with E-state index in [9.17, 15) is 0 Å². The van der Waals surface area contributed by atoms with E-state index in [0.717, 1.165) is 12.1 Å². The van der Waals surface area contributed by atoms with Gasteiger partial charge in [0, 0.05) is 5.92 Å². The van der Waals surface area contributed by atoms with Crippen molar-refractivity contribution >= 4 is 11.5 Å². The molecule has 2 N–H and O–H groups in total. The smallest absolute Gasteiger partial charge is 0.103 e. The Balaban J connectivity index is 2.05. The highest BCUT2D eigenvalue weighted by Gasteiger charge is 2.07. The maximum absolute atomic E-state index is 6.05. The van der Waals surface area contributed by atoms with Gasteiger partial charge in [0.2, 0.25) is 0 Å². The normalized spacial score (nSPS) is 13.3. The van der Waals surface area contributed by atoms with Gasteiger partial charge in [-0.25, -0.2) is 4.99 Å². The van der Waals surface area contributed by atoms with Crippen LogP contribution in [0.2, 0.25) is 0 Å². The summed E-state index contributed by atoms with van der Waals surface area (Å²) >= 11 is 0. The standard InChI is InChI=1S/C16H18N2/c1-13(12-14-8-4-2-5-9-14)16(17)18-15-10-6-3-7-11-15/h2-11,13H,12H2,1H3,(H2,17,18). The van der Waals surface area contributed by atoms with E-state index in [0.29, 0.717) is 5.84 Å². The number of benzene rings is 2. The molecule has 0 aliphatic heterocycles. The maximum Gasteiger partial charge on any atom is 0.103 e. The van der Waals surface area contributed by atoms with Gasteiger partial charge < -0.3 is 5.73 Å². The molecule has 0 fully saturated rings. The number of nitrogens with two attached hydrogens (primary N) is 1. The van der Waals surface area contributed by atoms with Crippen molar-refractivity contribution in [1.29, 1.82) is 0 Å². The molecule has 0 spiro atoms. The lowest BCUT2D eigenvalue weighted by Crippen LogP contribution is -2.22. The molecule has 1 unspecified atom stereocenters. The number of para-hydroxylation sites is 1. The number of aliphatic imine (C=N–C) groups is 1. The molecule has 0 bridgehead atoms. The van der Waals surface area contributed by atoms with Crippen molar-refractivity contribution in [2.75, 3.05) is 0 Å². The van der Waals surface area contributed by atoms with Crippen LogP contribution >= 0.6 is 0 Å². The Labute approximate surface area is 108 Å². The van der Waals surface area contributed by atoms with E-state index in [1.54, 1.807) is 0 Å². The Bertz CT molecular complexity index is 503. The zero-order chi connectivity index (χ0) is 12.8. The summed E-state index contributed by atoms with van der Waals surface area (Å²) in [7, 11) is 0. The maximum atomic E-state index is 6.05. The zero-order valence-corrected chi connectivity index (χ0v) is 10.6. The lowest BCUT2D eigenvalue weighted by atomic mass is 10.0. The molecule has 18 heavy (non-hydrogen) atoms. The average molecular weight is 238 g/mol. The Hall–Kier alpha value is -2.09. The van der Waals surface area contributed by atoms with Crippen molar-refractivity contribution in [3.63, 3.8) is 0 Å². The molecule has 1 atom stereocenters. The van der Waals surface area contributed by atoms with E-state index in [-0.39, 0.29) is 5.92 Å². The first-order chi connectivity index (χ1) is 8.75. The van der Waals surface area contributed by atoms with Crippen LogP contribution < -0.4 is 5.73 Å². The number of hydrogen-bond donors (Lipinski definition) is 1. The monoisotopic (exact) mass is 238 g/mol.